The number of fused-ring (bicyclic) bond motifs is 1. The van der Waals surface area contributed by atoms with Crippen LogP contribution in [-0.4, -0.2) is 53.5 Å². The molecular formula is C35H40ClN5O2. The van der Waals surface area contributed by atoms with Crippen LogP contribution in [0.15, 0.2) is 84.7 Å². The minimum atomic E-state index is -0.297. The van der Waals surface area contributed by atoms with Gasteiger partial charge in [-0.3, -0.25) is 9.69 Å². The highest BCUT2D eigenvalue weighted by Gasteiger charge is 2.38. The number of piperazine rings is 1. The van der Waals surface area contributed by atoms with Crippen molar-refractivity contribution in [3.05, 3.63) is 101 Å². The normalized spacial score (nSPS) is 18.3. The summed E-state index contributed by atoms with van der Waals surface area (Å²) in [6, 6.07) is 21.1. The van der Waals surface area contributed by atoms with E-state index in [2.05, 4.69) is 37.8 Å². The summed E-state index contributed by atoms with van der Waals surface area (Å²) in [5.74, 6) is 0.186. The fourth-order valence-electron chi connectivity index (χ4n) is 6.79. The van der Waals surface area contributed by atoms with E-state index in [0.717, 1.165) is 29.1 Å². The standard InChI is InChI=1S/C21H29ClN2.C14H11N3O2/c22-19-5-3-17(4-6-19)20-7-10-21(8-1-2-9-21)15-18(20)16-24-13-11-23-12-14-24;18-14(10-4-2-1-3-5-10)17-19-12-8-11-6-7-15-13(11)16-9-12/h3-6,23H,1-2,7-16H2;1-9H,(H,15,16)(H,17,18). The van der Waals surface area contributed by atoms with Gasteiger partial charge in [0.1, 0.15) is 5.65 Å². The van der Waals surface area contributed by atoms with Crippen LogP contribution in [0.4, 0.5) is 0 Å². The topological polar surface area (TPSA) is 82.3 Å². The Kier molecular flexibility index (Phi) is 9.42. The lowest BCUT2D eigenvalue weighted by Crippen LogP contribution is -2.44. The number of hydroxylamine groups is 1. The van der Waals surface area contributed by atoms with Gasteiger partial charge in [-0.1, -0.05) is 60.3 Å². The number of aromatic nitrogens is 2. The predicted octanol–water partition coefficient (Wildman–Crippen LogP) is 7.03. The number of hydrogen-bond acceptors (Lipinski definition) is 5. The van der Waals surface area contributed by atoms with Crippen LogP contribution in [0.2, 0.25) is 5.02 Å². The van der Waals surface area contributed by atoms with Crippen molar-refractivity contribution in [2.24, 2.45) is 5.41 Å². The maximum atomic E-state index is 11.8. The van der Waals surface area contributed by atoms with Crippen LogP contribution in [0.5, 0.6) is 5.75 Å². The monoisotopic (exact) mass is 597 g/mol. The van der Waals surface area contributed by atoms with E-state index >= 15 is 0 Å². The molecule has 1 saturated heterocycles. The van der Waals surface area contributed by atoms with Crippen molar-refractivity contribution in [2.45, 2.75) is 44.9 Å². The first-order chi connectivity index (χ1) is 21.1. The molecule has 3 N–H and O–H groups in total. The molecule has 2 aromatic carbocycles. The third-order valence-electron chi connectivity index (χ3n) is 9.07. The lowest BCUT2D eigenvalue weighted by Gasteiger charge is -2.39. The molecular weight excluding hydrogens is 558 g/mol. The number of pyridine rings is 1. The lowest BCUT2D eigenvalue weighted by molar-refractivity contribution is 0.0759. The van der Waals surface area contributed by atoms with Crippen molar-refractivity contribution in [2.75, 3.05) is 32.7 Å². The molecule has 0 radical (unpaired) electrons. The van der Waals surface area contributed by atoms with Gasteiger partial charge in [-0.2, -0.15) is 5.48 Å². The van der Waals surface area contributed by atoms with Crippen molar-refractivity contribution in [3.63, 3.8) is 0 Å². The van der Waals surface area contributed by atoms with Crippen molar-refractivity contribution in [3.8, 4) is 5.75 Å². The summed E-state index contributed by atoms with van der Waals surface area (Å²) in [4.78, 5) is 26.8. The molecule has 3 heterocycles. The summed E-state index contributed by atoms with van der Waals surface area (Å²) < 4.78 is 0. The number of benzene rings is 2. The third kappa shape index (κ3) is 7.47. The Balaban J connectivity index is 0.000000157. The van der Waals surface area contributed by atoms with Gasteiger partial charge in [0.2, 0.25) is 0 Å². The molecule has 2 aromatic heterocycles. The van der Waals surface area contributed by atoms with Crippen LogP contribution in [0, 0.1) is 5.41 Å². The molecule has 0 bridgehead atoms. The largest absolute Gasteiger partial charge is 0.378 e. The Labute approximate surface area is 258 Å². The SMILES string of the molecule is Clc1ccc(C2=C(CN3CCNCC3)CC3(CCCC3)CC2)cc1.O=C(NOc1cnc2[nH]ccc2c1)c1ccccc1. The van der Waals surface area contributed by atoms with Crippen LogP contribution in [0.1, 0.15) is 60.9 Å². The molecule has 1 spiro atoms. The van der Waals surface area contributed by atoms with Gasteiger partial charge in [-0.25, -0.2) is 4.98 Å². The molecule has 4 aromatic rings. The second-order valence-electron chi connectivity index (χ2n) is 12.0. The van der Waals surface area contributed by atoms with Crippen LogP contribution >= 0.6 is 11.6 Å². The van der Waals surface area contributed by atoms with Crippen LogP contribution in [-0.2, 0) is 0 Å². The highest BCUT2D eigenvalue weighted by Crippen LogP contribution is 2.52. The minimum Gasteiger partial charge on any atom is -0.378 e. The number of allylic oxidation sites excluding steroid dienone is 1. The third-order valence-corrected chi connectivity index (χ3v) is 9.33. The van der Waals surface area contributed by atoms with E-state index in [1.165, 1.54) is 70.1 Å². The van der Waals surface area contributed by atoms with Gasteiger partial charge in [0.25, 0.3) is 5.91 Å². The van der Waals surface area contributed by atoms with Gasteiger partial charge in [0.05, 0.1) is 6.20 Å². The molecule has 8 heteroatoms. The van der Waals surface area contributed by atoms with Crippen molar-refractivity contribution in [1.29, 1.82) is 0 Å². The molecule has 2 aliphatic carbocycles. The number of hydrogen-bond donors (Lipinski definition) is 3. The maximum Gasteiger partial charge on any atom is 0.283 e. The number of H-pyrrole nitrogens is 1. The Bertz CT molecular complexity index is 1540. The van der Waals surface area contributed by atoms with Crippen molar-refractivity contribution < 1.29 is 9.63 Å². The molecule has 0 unspecified atom stereocenters. The van der Waals surface area contributed by atoms with Gasteiger partial charge < -0.3 is 15.1 Å². The van der Waals surface area contributed by atoms with Gasteiger partial charge >= 0.3 is 0 Å². The Morgan fingerprint density at radius 1 is 1.00 bits per heavy atom. The number of amides is 1. The number of rotatable bonds is 6. The van der Waals surface area contributed by atoms with Gasteiger partial charge in [-0.15, -0.1) is 0 Å². The highest BCUT2D eigenvalue weighted by atomic mass is 35.5. The Morgan fingerprint density at radius 3 is 2.53 bits per heavy atom. The summed E-state index contributed by atoms with van der Waals surface area (Å²) in [5, 5.41) is 5.24. The number of nitrogens with one attached hydrogen (secondary N) is 3. The zero-order valence-corrected chi connectivity index (χ0v) is 25.3. The second-order valence-corrected chi connectivity index (χ2v) is 12.4. The molecule has 7 rings (SSSR count). The highest BCUT2D eigenvalue weighted by molar-refractivity contribution is 6.30. The summed E-state index contributed by atoms with van der Waals surface area (Å²) >= 11 is 6.11. The van der Waals surface area contributed by atoms with Crippen LogP contribution in [0.3, 0.4) is 0 Å². The van der Waals surface area contributed by atoms with E-state index < -0.39 is 0 Å². The quantitative estimate of drug-likeness (QED) is 0.208. The van der Waals surface area contributed by atoms with Crippen LogP contribution < -0.4 is 15.6 Å². The zero-order valence-electron chi connectivity index (χ0n) is 24.6. The molecule has 1 saturated carbocycles. The minimum absolute atomic E-state index is 0.297. The van der Waals surface area contributed by atoms with E-state index in [9.17, 15) is 4.79 Å². The number of carbonyl (C=O) groups is 1. The number of carbonyl (C=O) groups excluding carboxylic acids is 1. The summed E-state index contributed by atoms with van der Waals surface area (Å²) in [6.07, 6.45) is 13.1. The van der Waals surface area contributed by atoms with E-state index in [0.29, 0.717) is 16.7 Å². The molecule has 2 fully saturated rings. The van der Waals surface area contributed by atoms with Gasteiger partial charge in [0.15, 0.2) is 5.75 Å². The first-order valence-electron chi connectivity index (χ1n) is 15.4. The second kappa shape index (κ2) is 13.8. The van der Waals surface area contributed by atoms with E-state index in [1.807, 2.05) is 24.3 Å². The average Bonchev–Trinajstić information content (AvgIpc) is 3.71. The molecule has 1 aliphatic heterocycles. The first kappa shape index (κ1) is 29.4. The maximum absolute atomic E-state index is 11.8. The summed E-state index contributed by atoms with van der Waals surface area (Å²) in [5.41, 5.74) is 9.06. The average molecular weight is 598 g/mol. The Morgan fingerprint density at radius 2 is 1.77 bits per heavy atom. The summed E-state index contributed by atoms with van der Waals surface area (Å²) in [6.45, 7) is 5.81. The molecule has 1 amide bonds. The number of aromatic amines is 1. The molecule has 224 valence electrons. The fourth-order valence-corrected chi connectivity index (χ4v) is 6.91. The molecule has 7 nitrogen and oxygen atoms in total. The summed E-state index contributed by atoms with van der Waals surface area (Å²) in [7, 11) is 0. The smallest absolute Gasteiger partial charge is 0.283 e. The lowest BCUT2D eigenvalue weighted by atomic mass is 9.69. The number of nitrogens with zero attached hydrogens (tertiary/aromatic N) is 2. The van der Waals surface area contributed by atoms with Gasteiger partial charge in [-0.05, 0) is 85.1 Å². The molecule has 43 heavy (non-hydrogen) atoms. The predicted molar refractivity (Wildman–Crippen MR) is 173 cm³/mol. The van der Waals surface area contributed by atoms with Crippen LogP contribution in [0.25, 0.3) is 16.6 Å². The van der Waals surface area contributed by atoms with Crippen molar-refractivity contribution in [1.82, 2.24) is 25.7 Å². The fraction of sp³-hybridized carbons (Fsp3) is 0.371. The van der Waals surface area contributed by atoms with Crippen molar-refractivity contribution >= 4 is 34.1 Å². The first-order valence-corrected chi connectivity index (χ1v) is 15.8. The van der Waals surface area contributed by atoms with E-state index in [1.54, 1.807) is 53.9 Å². The number of halogens is 1. The van der Waals surface area contributed by atoms with E-state index in [-0.39, 0.29) is 5.91 Å². The Hall–Kier alpha value is -3.65. The zero-order chi connectivity index (χ0) is 29.5. The van der Waals surface area contributed by atoms with Gasteiger partial charge in [0, 0.05) is 54.9 Å². The molecule has 3 aliphatic rings. The molecule has 0 atom stereocenters. The van der Waals surface area contributed by atoms with E-state index in [4.69, 9.17) is 16.4 Å².